The lowest BCUT2D eigenvalue weighted by atomic mass is 10.0. The van der Waals surface area contributed by atoms with Gasteiger partial charge >= 0.3 is 0 Å². The zero-order valence-corrected chi connectivity index (χ0v) is 14.0. The van der Waals surface area contributed by atoms with E-state index in [-0.39, 0.29) is 17.9 Å². The number of hydrogen-bond acceptors (Lipinski definition) is 5. The Balaban J connectivity index is 1.52. The molecule has 7 heteroatoms. The van der Waals surface area contributed by atoms with Crippen LogP contribution in [-0.2, 0) is 0 Å². The molecule has 1 aliphatic rings. The number of rotatable bonds is 4. The molecule has 3 rings (SSSR count). The van der Waals surface area contributed by atoms with E-state index in [0.717, 1.165) is 0 Å². The fourth-order valence-electron chi connectivity index (χ4n) is 2.81. The van der Waals surface area contributed by atoms with Gasteiger partial charge in [-0.15, -0.1) is 0 Å². The highest BCUT2D eigenvalue weighted by molar-refractivity contribution is 5.94. The van der Waals surface area contributed by atoms with Gasteiger partial charge in [-0.25, -0.2) is 4.98 Å². The molecule has 7 nitrogen and oxygen atoms in total. The van der Waals surface area contributed by atoms with Crippen LogP contribution in [0.5, 0.6) is 5.75 Å². The van der Waals surface area contributed by atoms with Crippen LogP contribution >= 0.6 is 0 Å². The van der Waals surface area contributed by atoms with E-state index < -0.39 is 0 Å². The zero-order valence-electron chi connectivity index (χ0n) is 14.0. The first-order valence-electron chi connectivity index (χ1n) is 8.17. The number of carbonyl (C=O) groups is 2. The fourth-order valence-corrected chi connectivity index (χ4v) is 2.81. The van der Waals surface area contributed by atoms with E-state index in [2.05, 4.69) is 15.3 Å². The van der Waals surface area contributed by atoms with Crippen LogP contribution in [0.25, 0.3) is 0 Å². The first-order chi connectivity index (χ1) is 12.2. The molecule has 0 bridgehead atoms. The second-order valence-electron chi connectivity index (χ2n) is 5.86. The number of methoxy groups -OCH3 is 1. The third-order valence-electron chi connectivity index (χ3n) is 4.25. The Morgan fingerprint density at radius 1 is 1.16 bits per heavy atom. The highest BCUT2D eigenvalue weighted by Crippen LogP contribution is 2.15. The summed E-state index contributed by atoms with van der Waals surface area (Å²) in [6, 6.07) is 7.05. The summed E-state index contributed by atoms with van der Waals surface area (Å²) < 4.78 is 5.09. The zero-order chi connectivity index (χ0) is 17.6. The molecule has 1 saturated heterocycles. The lowest BCUT2D eigenvalue weighted by Crippen LogP contribution is -2.46. The molecule has 0 saturated carbocycles. The number of ether oxygens (including phenoxy) is 1. The van der Waals surface area contributed by atoms with Gasteiger partial charge in [-0.1, -0.05) is 0 Å². The molecule has 0 unspecified atom stereocenters. The number of piperidine rings is 1. The van der Waals surface area contributed by atoms with Crippen LogP contribution < -0.4 is 10.1 Å². The van der Waals surface area contributed by atoms with Gasteiger partial charge in [-0.05, 0) is 37.1 Å². The summed E-state index contributed by atoms with van der Waals surface area (Å²) in [6.07, 6.45) is 5.95. The molecule has 0 aliphatic carbocycles. The Hall–Kier alpha value is -2.96. The third kappa shape index (κ3) is 4.12. The Bertz CT molecular complexity index is 726. The second kappa shape index (κ2) is 7.74. The van der Waals surface area contributed by atoms with Crippen LogP contribution in [0.2, 0.25) is 0 Å². The highest BCUT2D eigenvalue weighted by atomic mass is 16.5. The smallest absolute Gasteiger partial charge is 0.274 e. The van der Waals surface area contributed by atoms with Gasteiger partial charge < -0.3 is 15.0 Å². The van der Waals surface area contributed by atoms with Gasteiger partial charge in [0, 0.05) is 37.1 Å². The number of hydrogen-bond donors (Lipinski definition) is 1. The van der Waals surface area contributed by atoms with Gasteiger partial charge in [0.2, 0.25) is 0 Å². The summed E-state index contributed by atoms with van der Waals surface area (Å²) in [5, 5.41) is 3.03. The predicted molar refractivity (Wildman–Crippen MR) is 91.4 cm³/mol. The molecule has 0 radical (unpaired) electrons. The fraction of sp³-hybridized carbons (Fsp3) is 0.333. The maximum atomic E-state index is 12.3. The van der Waals surface area contributed by atoms with E-state index in [0.29, 0.717) is 42.9 Å². The van der Waals surface area contributed by atoms with E-state index in [4.69, 9.17) is 4.74 Å². The molecule has 2 heterocycles. The van der Waals surface area contributed by atoms with E-state index in [1.54, 1.807) is 36.3 Å². The molecule has 1 aromatic heterocycles. The standard InChI is InChI=1S/C18H20N4O3/c1-25-15-4-2-13(3-5-15)17(23)21-14-6-10-22(11-7-14)18(24)16-12-19-8-9-20-16/h2-5,8-9,12,14H,6-7,10-11H2,1H3,(H,21,23). The van der Waals surface area contributed by atoms with Crippen molar-refractivity contribution < 1.29 is 14.3 Å². The molecule has 2 amide bonds. The van der Waals surface area contributed by atoms with Crippen LogP contribution in [0.3, 0.4) is 0 Å². The third-order valence-corrected chi connectivity index (χ3v) is 4.25. The monoisotopic (exact) mass is 340 g/mol. The summed E-state index contributed by atoms with van der Waals surface area (Å²) in [5.41, 5.74) is 0.946. The average molecular weight is 340 g/mol. The van der Waals surface area contributed by atoms with Crippen molar-refractivity contribution in [1.29, 1.82) is 0 Å². The van der Waals surface area contributed by atoms with Crippen LogP contribution in [0.1, 0.15) is 33.7 Å². The number of benzene rings is 1. The summed E-state index contributed by atoms with van der Waals surface area (Å²) in [6.45, 7) is 1.17. The first-order valence-corrected chi connectivity index (χ1v) is 8.17. The molecule has 25 heavy (non-hydrogen) atoms. The molecule has 0 spiro atoms. The summed E-state index contributed by atoms with van der Waals surface area (Å²) in [5.74, 6) is 0.488. The number of nitrogens with one attached hydrogen (secondary N) is 1. The molecule has 2 aromatic rings. The lowest BCUT2D eigenvalue weighted by molar-refractivity contribution is 0.0692. The maximum Gasteiger partial charge on any atom is 0.274 e. The molecular formula is C18H20N4O3. The summed E-state index contributed by atoms with van der Waals surface area (Å²) in [7, 11) is 1.59. The van der Waals surface area contributed by atoms with E-state index in [9.17, 15) is 9.59 Å². The predicted octanol–water partition coefficient (Wildman–Crippen LogP) is 1.52. The van der Waals surface area contributed by atoms with Crippen LogP contribution in [0, 0.1) is 0 Å². The molecule has 0 atom stereocenters. The van der Waals surface area contributed by atoms with E-state index >= 15 is 0 Å². The molecule has 1 aromatic carbocycles. The van der Waals surface area contributed by atoms with Crippen molar-refractivity contribution in [2.24, 2.45) is 0 Å². The van der Waals surface area contributed by atoms with Crippen molar-refractivity contribution in [2.45, 2.75) is 18.9 Å². The van der Waals surface area contributed by atoms with Crippen LogP contribution in [0.15, 0.2) is 42.9 Å². The van der Waals surface area contributed by atoms with Crippen LogP contribution in [-0.4, -0.2) is 52.9 Å². The number of carbonyl (C=O) groups excluding carboxylic acids is 2. The highest BCUT2D eigenvalue weighted by Gasteiger charge is 2.25. The van der Waals surface area contributed by atoms with Crippen LogP contribution in [0.4, 0.5) is 0 Å². The minimum atomic E-state index is -0.118. The van der Waals surface area contributed by atoms with Crippen molar-refractivity contribution in [3.8, 4) is 5.75 Å². The van der Waals surface area contributed by atoms with Gasteiger partial charge in [-0.2, -0.15) is 0 Å². The molecule has 130 valence electrons. The maximum absolute atomic E-state index is 12.3. The Labute approximate surface area is 146 Å². The molecule has 1 aliphatic heterocycles. The van der Waals surface area contributed by atoms with E-state index in [1.165, 1.54) is 18.6 Å². The summed E-state index contributed by atoms with van der Waals surface area (Å²) in [4.78, 5) is 34.3. The van der Waals surface area contributed by atoms with Crippen molar-refractivity contribution in [2.75, 3.05) is 20.2 Å². The van der Waals surface area contributed by atoms with Crippen molar-refractivity contribution in [1.82, 2.24) is 20.2 Å². The van der Waals surface area contributed by atoms with Gasteiger partial charge in [-0.3, -0.25) is 14.6 Å². The van der Waals surface area contributed by atoms with Crippen molar-refractivity contribution in [3.05, 3.63) is 54.1 Å². The molecule has 1 N–H and O–H groups in total. The van der Waals surface area contributed by atoms with E-state index in [1.807, 2.05) is 0 Å². The van der Waals surface area contributed by atoms with Crippen molar-refractivity contribution >= 4 is 11.8 Å². The number of aromatic nitrogens is 2. The summed E-state index contributed by atoms with van der Waals surface area (Å²) >= 11 is 0. The SMILES string of the molecule is COc1ccc(C(=O)NC2CCN(C(=O)c3cnccn3)CC2)cc1. The lowest BCUT2D eigenvalue weighted by Gasteiger charge is -2.32. The quantitative estimate of drug-likeness (QED) is 0.912. The van der Waals surface area contributed by atoms with Gasteiger partial charge in [0.1, 0.15) is 11.4 Å². The first kappa shape index (κ1) is 16.9. The number of likely N-dealkylation sites (tertiary alicyclic amines) is 1. The minimum Gasteiger partial charge on any atom is -0.497 e. The average Bonchev–Trinajstić information content (AvgIpc) is 2.68. The van der Waals surface area contributed by atoms with Gasteiger partial charge in [0.05, 0.1) is 13.3 Å². The van der Waals surface area contributed by atoms with Gasteiger partial charge in [0.15, 0.2) is 0 Å². The molecule has 1 fully saturated rings. The largest absolute Gasteiger partial charge is 0.497 e. The number of nitrogens with zero attached hydrogens (tertiary/aromatic N) is 3. The van der Waals surface area contributed by atoms with Gasteiger partial charge in [0.25, 0.3) is 11.8 Å². The Morgan fingerprint density at radius 3 is 2.48 bits per heavy atom. The normalized spacial score (nSPS) is 14.8. The number of amides is 2. The Kier molecular flexibility index (Phi) is 5.23. The molecular weight excluding hydrogens is 320 g/mol. The Morgan fingerprint density at radius 2 is 1.88 bits per heavy atom. The topological polar surface area (TPSA) is 84.4 Å². The minimum absolute atomic E-state index is 0.0560. The van der Waals surface area contributed by atoms with Crippen molar-refractivity contribution in [3.63, 3.8) is 0 Å². The second-order valence-corrected chi connectivity index (χ2v) is 5.86.